The molecule has 0 bridgehead atoms. The van der Waals surface area contributed by atoms with Gasteiger partial charge in [-0.3, -0.25) is 9.32 Å². The molecule has 0 unspecified atom stereocenters. The molecular weight excluding hydrogens is 333 g/mol. The number of hydrogen-bond donors (Lipinski definition) is 1. The lowest BCUT2D eigenvalue weighted by Gasteiger charge is -2.14. The summed E-state index contributed by atoms with van der Waals surface area (Å²) in [5.74, 6) is -1.08. The van der Waals surface area contributed by atoms with Crippen molar-refractivity contribution >= 4 is 17.2 Å². The lowest BCUT2D eigenvalue weighted by molar-refractivity contribution is -0.122. The molecule has 0 radical (unpaired) electrons. The summed E-state index contributed by atoms with van der Waals surface area (Å²) in [6.07, 6.45) is 0. The highest BCUT2D eigenvalue weighted by Gasteiger charge is 2.18. The number of nitrogens with zero attached hydrogens (tertiary/aromatic N) is 2. The van der Waals surface area contributed by atoms with E-state index >= 15 is 0 Å². The number of rotatable bonds is 5. The quantitative estimate of drug-likeness (QED) is 0.769. The molecule has 8 heteroatoms. The molecule has 0 spiro atoms. The third kappa shape index (κ3) is 3.43. The van der Waals surface area contributed by atoms with Crippen LogP contribution in [0.25, 0.3) is 10.7 Å². The molecule has 0 saturated heterocycles. The summed E-state index contributed by atoms with van der Waals surface area (Å²) < 4.78 is 18.8. The monoisotopic (exact) mass is 347 g/mol. The second kappa shape index (κ2) is 6.79. The first-order chi connectivity index (χ1) is 11.5. The van der Waals surface area contributed by atoms with Gasteiger partial charge in [0, 0.05) is 0 Å². The number of carbonyl (C=O) groups is 1. The Labute approximate surface area is 140 Å². The van der Waals surface area contributed by atoms with Crippen molar-refractivity contribution in [2.75, 3.05) is 0 Å². The fourth-order valence-electron chi connectivity index (χ4n) is 2.26. The molecule has 1 aromatic carbocycles. The van der Waals surface area contributed by atoms with Crippen molar-refractivity contribution in [1.82, 2.24) is 15.0 Å². The second-order valence-electron chi connectivity index (χ2n) is 5.18. The maximum atomic E-state index is 12.9. The maximum absolute atomic E-state index is 12.9. The van der Waals surface area contributed by atoms with E-state index < -0.39 is 5.76 Å². The SMILES string of the molecule is C[C@H](NC(=O)Cn1c(-c2cccs2)noc1=O)c1ccc(F)cc1. The Bertz CT molecular complexity index is 884. The van der Waals surface area contributed by atoms with Gasteiger partial charge in [-0.25, -0.2) is 13.8 Å². The Morgan fingerprint density at radius 3 is 2.79 bits per heavy atom. The zero-order valence-corrected chi connectivity index (χ0v) is 13.5. The van der Waals surface area contributed by atoms with Crippen LogP contribution in [0.5, 0.6) is 0 Å². The zero-order chi connectivity index (χ0) is 17.1. The van der Waals surface area contributed by atoms with E-state index in [0.29, 0.717) is 5.82 Å². The van der Waals surface area contributed by atoms with Crippen molar-refractivity contribution in [3.63, 3.8) is 0 Å². The van der Waals surface area contributed by atoms with Crippen LogP contribution in [-0.2, 0) is 11.3 Å². The van der Waals surface area contributed by atoms with Crippen LogP contribution < -0.4 is 11.1 Å². The number of thiophene rings is 1. The number of aromatic nitrogens is 2. The molecule has 124 valence electrons. The van der Waals surface area contributed by atoms with Crippen LogP contribution in [0.2, 0.25) is 0 Å². The van der Waals surface area contributed by atoms with Crippen molar-refractivity contribution in [3.8, 4) is 10.7 Å². The van der Waals surface area contributed by atoms with Crippen LogP contribution in [0.1, 0.15) is 18.5 Å². The Morgan fingerprint density at radius 1 is 1.38 bits per heavy atom. The van der Waals surface area contributed by atoms with E-state index in [4.69, 9.17) is 0 Å². The minimum atomic E-state index is -0.692. The standard InChI is InChI=1S/C16H14FN3O3S/c1-10(11-4-6-12(17)7-5-11)18-14(21)9-20-15(19-23-16(20)22)13-3-2-8-24-13/h2-8,10H,9H2,1H3,(H,18,21)/t10-/m0/s1. The molecule has 0 aliphatic heterocycles. The Kier molecular flexibility index (Phi) is 4.57. The number of benzene rings is 1. The fraction of sp³-hybridized carbons (Fsp3) is 0.188. The molecule has 24 heavy (non-hydrogen) atoms. The lowest BCUT2D eigenvalue weighted by Crippen LogP contribution is -2.33. The van der Waals surface area contributed by atoms with Crippen molar-refractivity contribution in [1.29, 1.82) is 0 Å². The minimum absolute atomic E-state index is 0.207. The summed E-state index contributed by atoms with van der Waals surface area (Å²) >= 11 is 1.39. The van der Waals surface area contributed by atoms with E-state index in [0.717, 1.165) is 10.4 Å². The van der Waals surface area contributed by atoms with Crippen molar-refractivity contribution in [2.24, 2.45) is 0 Å². The van der Waals surface area contributed by atoms with Gasteiger partial charge in [0.15, 0.2) is 5.82 Å². The summed E-state index contributed by atoms with van der Waals surface area (Å²) in [6.45, 7) is 1.57. The molecule has 0 fully saturated rings. The molecule has 1 amide bonds. The summed E-state index contributed by atoms with van der Waals surface area (Å²) in [5, 5.41) is 8.33. The molecule has 2 heterocycles. The van der Waals surface area contributed by atoms with Crippen LogP contribution in [0.15, 0.2) is 51.1 Å². The van der Waals surface area contributed by atoms with E-state index in [9.17, 15) is 14.0 Å². The molecule has 1 N–H and O–H groups in total. The van der Waals surface area contributed by atoms with Crippen molar-refractivity contribution < 1.29 is 13.7 Å². The van der Waals surface area contributed by atoms with Crippen LogP contribution in [0.3, 0.4) is 0 Å². The molecule has 2 aromatic heterocycles. The van der Waals surface area contributed by atoms with Crippen LogP contribution in [0.4, 0.5) is 4.39 Å². The molecule has 6 nitrogen and oxygen atoms in total. The topological polar surface area (TPSA) is 77.1 Å². The third-order valence-corrected chi connectivity index (χ3v) is 4.34. The molecule has 3 rings (SSSR count). The normalized spacial score (nSPS) is 12.1. The van der Waals surface area contributed by atoms with E-state index in [2.05, 4.69) is 15.0 Å². The predicted octanol–water partition coefficient (Wildman–Crippen LogP) is 2.58. The van der Waals surface area contributed by atoms with E-state index in [1.54, 1.807) is 25.1 Å². The van der Waals surface area contributed by atoms with Gasteiger partial charge in [0.25, 0.3) is 0 Å². The Balaban J connectivity index is 1.73. The highest BCUT2D eigenvalue weighted by molar-refractivity contribution is 7.13. The lowest BCUT2D eigenvalue weighted by atomic mass is 10.1. The first-order valence-corrected chi connectivity index (χ1v) is 8.08. The summed E-state index contributed by atoms with van der Waals surface area (Å²) in [7, 11) is 0. The number of amides is 1. The van der Waals surface area contributed by atoms with Gasteiger partial charge in [0.2, 0.25) is 5.91 Å². The Morgan fingerprint density at radius 2 is 2.12 bits per heavy atom. The molecule has 0 aliphatic rings. The van der Waals surface area contributed by atoms with Gasteiger partial charge in [-0.15, -0.1) is 11.3 Å². The van der Waals surface area contributed by atoms with Gasteiger partial charge in [-0.2, -0.15) is 0 Å². The van der Waals surface area contributed by atoms with Crippen LogP contribution in [0, 0.1) is 5.82 Å². The first kappa shape index (κ1) is 16.1. The number of halogens is 1. The van der Waals surface area contributed by atoms with E-state index in [-0.39, 0.29) is 24.3 Å². The summed E-state index contributed by atoms with van der Waals surface area (Å²) in [4.78, 5) is 24.7. The maximum Gasteiger partial charge on any atom is 0.442 e. The largest absolute Gasteiger partial charge is 0.442 e. The highest BCUT2D eigenvalue weighted by Crippen LogP contribution is 2.21. The summed E-state index contributed by atoms with van der Waals surface area (Å²) in [6, 6.07) is 9.15. The van der Waals surface area contributed by atoms with Crippen molar-refractivity contribution in [3.05, 3.63) is 63.7 Å². The van der Waals surface area contributed by atoms with Crippen LogP contribution >= 0.6 is 11.3 Å². The predicted molar refractivity (Wildman–Crippen MR) is 87.0 cm³/mol. The van der Waals surface area contributed by atoms with Gasteiger partial charge >= 0.3 is 5.76 Å². The first-order valence-electron chi connectivity index (χ1n) is 7.20. The van der Waals surface area contributed by atoms with Gasteiger partial charge in [-0.1, -0.05) is 23.4 Å². The summed E-state index contributed by atoms with van der Waals surface area (Å²) in [5.41, 5.74) is 0.765. The average Bonchev–Trinajstić information content (AvgIpc) is 3.19. The van der Waals surface area contributed by atoms with E-state index in [1.165, 1.54) is 28.0 Å². The zero-order valence-electron chi connectivity index (χ0n) is 12.7. The molecule has 3 aromatic rings. The number of nitrogens with one attached hydrogen (secondary N) is 1. The molecular formula is C16H14FN3O3S. The second-order valence-corrected chi connectivity index (χ2v) is 6.12. The van der Waals surface area contributed by atoms with Crippen molar-refractivity contribution in [2.45, 2.75) is 19.5 Å². The average molecular weight is 347 g/mol. The molecule has 1 atom stereocenters. The molecule has 0 aliphatic carbocycles. The van der Waals surface area contributed by atoms with Gasteiger partial charge in [0.05, 0.1) is 10.9 Å². The number of carbonyl (C=O) groups excluding carboxylic acids is 1. The smallest absolute Gasteiger partial charge is 0.348 e. The highest BCUT2D eigenvalue weighted by atomic mass is 32.1. The van der Waals surface area contributed by atoms with Gasteiger partial charge in [0.1, 0.15) is 12.4 Å². The van der Waals surface area contributed by atoms with E-state index in [1.807, 2.05) is 11.4 Å². The minimum Gasteiger partial charge on any atom is -0.348 e. The van der Waals surface area contributed by atoms with Crippen LogP contribution in [-0.4, -0.2) is 15.6 Å². The Hall–Kier alpha value is -2.74. The third-order valence-electron chi connectivity index (χ3n) is 3.48. The van der Waals surface area contributed by atoms with Gasteiger partial charge < -0.3 is 5.32 Å². The van der Waals surface area contributed by atoms with Gasteiger partial charge in [-0.05, 0) is 36.1 Å². The number of hydrogen-bond acceptors (Lipinski definition) is 5. The molecule has 0 saturated carbocycles. The fourth-order valence-corrected chi connectivity index (χ4v) is 2.97.